The van der Waals surface area contributed by atoms with E-state index < -0.39 is 49.9 Å². The van der Waals surface area contributed by atoms with Crippen LogP contribution in [0.25, 0.3) is 0 Å². The monoisotopic (exact) mass is 335 g/mol. The summed E-state index contributed by atoms with van der Waals surface area (Å²) >= 11 is 0. The number of aliphatic imine (C=N–C) groups is 1. The van der Waals surface area contributed by atoms with Gasteiger partial charge in [-0.25, -0.2) is 13.8 Å². The fourth-order valence-corrected chi connectivity index (χ4v) is 3.33. The molecule has 0 saturated carbocycles. The minimum atomic E-state index is -4.44. The summed E-state index contributed by atoms with van der Waals surface area (Å²) in [4.78, 5) is 37.6. The van der Waals surface area contributed by atoms with Crippen LogP contribution in [0.5, 0.6) is 0 Å². The van der Waals surface area contributed by atoms with Crippen molar-refractivity contribution in [1.29, 1.82) is 0 Å². The number of halogens is 1. The molecule has 2 aliphatic rings. The van der Waals surface area contributed by atoms with Gasteiger partial charge in [-0.3, -0.25) is 28.4 Å². The van der Waals surface area contributed by atoms with Crippen molar-refractivity contribution in [2.75, 3.05) is 6.61 Å². The van der Waals surface area contributed by atoms with Crippen molar-refractivity contribution >= 4 is 14.5 Å². The topological polar surface area (TPSA) is 132 Å². The Labute approximate surface area is 121 Å². The van der Waals surface area contributed by atoms with Crippen molar-refractivity contribution in [2.45, 2.75) is 24.2 Å². The average Bonchev–Trinajstić information content (AvgIpc) is 2.72. The second-order valence-corrected chi connectivity index (χ2v) is 6.15. The molecule has 0 spiro atoms. The van der Waals surface area contributed by atoms with Crippen LogP contribution in [0.2, 0.25) is 0 Å². The van der Waals surface area contributed by atoms with Crippen LogP contribution in [0.15, 0.2) is 26.8 Å². The molecular formula is C10H11FN3O7P. The van der Waals surface area contributed by atoms with E-state index in [-0.39, 0.29) is 0 Å². The van der Waals surface area contributed by atoms with Gasteiger partial charge in [0.25, 0.3) is 5.56 Å². The van der Waals surface area contributed by atoms with Crippen LogP contribution >= 0.6 is 7.82 Å². The van der Waals surface area contributed by atoms with Crippen LogP contribution < -0.4 is 11.2 Å². The first-order chi connectivity index (χ1) is 10.3. The Kier molecular flexibility index (Phi) is 3.42. The molecule has 22 heavy (non-hydrogen) atoms. The van der Waals surface area contributed by atoms with Crippen LogP contribution in [0.4, 0.5) is 4.39 Å². The highest BCUT2D eigenvalue weighted by Gasteiger charge is 2.63. The van der Waals surface area contributed by atoms with Gasteiger partial charge in [0, 0.05) is 12.3 Å². The molecule has 3 heterocycles. The Morgan fingerprint density at radius 1 is 1.59 bits per heavy atom. The van der Waals surface area contributed by atoms with E-state index in [2.05, 4.69) is 20.8 Å². The number of H-pyrrole nitrogens is 1. The maximum absolute atomic E-state index is 14.6. The third kappa shape index (κ3) is 2.27. The summed E-state index contributed by atoms with van der Waals surface area (Å²) < 4.78 is 41.4. The van der Waals surface area contributed by atoms with Gasteiger partial charge in [-0.1, -0.05) is 0 Å². The summed E-state index contributed by atoms with van der Waals surface area (Å²) in [6.07, 6.45) is -4.09. The third-order valence-electron chi connectivity index (χ3n) is 3.41. The third-order valence-corrected chi connectivity index (χ3v) is 4.35. The molecule has 0 aromatic carbocycles. The summed E-state index contributed by atoms with van der Waals surface area (Å²) in [5.74, 6) is 0. The largest absolute Gasteiger partial charge is 0.472 e. The second kappa shape index (κ2) is 4.93. The first-order valence-corrected chi connectivity index (χ1v) is 7.54. The zero-order chi connectivity index (χ0) is 16.1. The number of aromatic nitrogens is 2. The predicted molar refractivity (Wildman–Crippen MR) is 69.3 cm³/mol. The fraction of sp³-hybridized carbons (Fsp3) is 0.500. The quantitative estimate of drug-likeness (QED) is 0.540. The maximum atomic E-state index is 14.6. The van der Waals surface area contributed by atoms with E-state index in [1.807, 2.05) is 4.98 Å². The van der Waals surface area contributed by atoms with Gasteiger partial charge in [-0.2, -0.15) is 0 Å². The normalized spacial score (nSPS) is 41.1. The number of hydrogen-bond donors (Lipinski definition) is 2. The van der Waals surface area contributed by atoms with E-state index in [4.69, 9.17) is 4.74 Å². The maximum Gasteiger partial charge on any atom is 0.472 e. The summed E-state index contributed by atoms with van der Waals surface area (Å²) in [7, 11) is -4.44. The van der Waals surface area contributed by atoms with Gasteiger partial charge >= 0.3 is 13.5 Å². The van der Waals surface area contributed by atoms with E-state index in [1.54, 1.807) is 0 Å². The second-order valence-electron chi connectivity index (χ2n) is 4.74. The van der Waals surface area contributed by atoms with Crippen molar-refractivity contribution in [2.24, 2.45) is 4.99 Å². The number of nitrogens with one attached hydrogen (secondary N) is 1. The van der Waals surface area contributed by atoms with Gasteiger partial charge in [0.2, 0.25) is 5.72 Å². The fourth-order valence-electron chi connectivity index (χ4n) is 2.35. The van der Waals surface area contributed by atoms with Crippen LogP contribution in [0.1, 0.15) is 6.23 Å². The predicted octanol–water partition coefficient (Wildman–Crippen LogP) is -0.684. The molecule has 120 valence electrons. The number of alkyl halides is 1. The molecule has 10 nitrogen and oxygen atoms in total. The van der Waals surface area contributed by atoms with Crippen LogP contribution in [-0.2, 0) is 18.3 Å². The molecule has 1 aromatic heterocycles. The molecule has 3 rings (SSSR count). The molecule has 12 heteroatoms. The number of aromatic amines is 1. The lowest BCUT2D eigenvalue weighted by Crippen LogP contribution is -2.48. The number of nitrogens with zero attached hydrogens (tertiary/aromatic N) is 2. The van der Waals surface area contributed by atoms with Crippen molar-refractivity contribution in [3.63, 3.8) is 0 Å². The first-order valence-electron chi connectivity index (χ1n) is 6.05. The van der Waals surface area contributed by atoms with Crippen molar-refractivity contribution in [3.05, 3.63) is 33.1 Å². The molecule has 2 N–H and O–H groups in total. The minimum absolute atomic E-state index is 0.566. The van der Waals surface area contributed by atoms with Crippen LogP contribution in [0.3, 0.4) is 0 Å². The number of hydrogen-bond acceptors (Lipinski definition) is 7. The molecule has 5 atom stereocenters. The average molecular weight is 335 g/mol. The lowest BCUT2D eigenvalue weighted by Gasteiger charge is -2.35. The Hall–Kier alpha value is -1.65. The Morgan fingerprint density at radius 2 is 2.32 bits per heavy atom. The van der Waals surface area contributed by atoms with Crippen molar-refractivity contribution in [1.82, 2.24) is 9.55 Å². The number of phosphoric ester groups is 1. The standard InChI is InChI=1S/C10H11FN3O7P/c1-12-10-4-19-22(17,18)21-7(10)6(11)8(20-10)14-3-2-5(15)13-9(14)16/h2-3,6-8H,1,4H2,(H,17,18)(H,13,15,16)/t6-,7+,8-,10-/m1/s1. The van der Waals surface area contributed by atoms with E-state index in [9.17, 15) is 23.4 Å². The molecule has 0 amide bonds. The molecule has 2 aliphatic heterocycles. The van der Waals surface area contributed by atoms with Crippen LogP contribution in [0, 0.1) is 0 Å². The van der Waals surface area contributed by atoms with Gasteiger partial charge < -0.3 is 9.63 Å². The summed E-state index contributed by atoms with van der Waals surface area (Å²) in [6.45, 7) is 2.68. The van der Waals surface area contributed by atoms with Crippen molar-refractivity contribution < 1.29 is 27.6 Å². The summed E-state index contributed by atoms with van der Waals surface area (Å²) in [6, 6.07) is 1.00. The van der Waals surface area contributed by atoms with Gasteiger partial charge in [-0.05, 0) is 6.72 Å². The molecule has 0 aliphatic carbocycles. The highest BCUT2D eigenvalue weighted by molar-refractivity contribution is 7.47. The molecule has 2 saturated heterocycles. The number of fused-ring (bicyclic) bond motifs is 1. The minimum Gasteiger partial charge on any atom is -0.322 e. The lowest BCUT2D eigenvalue weighted by molar-refractivity contribution is -0.139. The molecule has 1 aromatic rings. The smallest absolute Gasteiger partial charge is 0.322 e. The molecule has 2 fully saturated rings. The number of phosphoric acid groups is 1. The Balaban J connectivity index is 2.03. The zero-order valence-corrected chi connectivity index (χ0v) is 11.8. The SMILES string of the molecule is C=N[C@@]12COP(=O)(O)O[C@H]1[C@@H](F)[C@H](n1ccc(=O)[nH]c1=O)O2. The molecule has 0 radical (unpaired) electrons. The van der Waals surface area contributed by atoms with E-state index in [1.165, 1.54) is 0 Å². The molecular weight excluding hydrogens is 324 g/mol. The molecule has 0 bridgehead atoms. The molecule has 1 unspecified atom stereocenters. The van der Waals surface area contributed by atoms with E-state index >= 15 is 0 Å². The Bertz CT molecular complexity index is 778. The summed E-state index contributed by atoms with van der Waals surface area (Å²) in [5, 5.41) is 0. The van der Waals surface area contributed by atoms with E-state index in [0.29, 0.717) is 0 Å². The van der Waals surface area contributed by atoms with Gasteiger partial charge in [0.1, 0.15) is 6.61 Å². The first kappa shape index (κ1) is 15.3. The van der Waals surface area contributed by atoms with E-state index in [0.717, 1.165) is 16.8 Å². The lowest BCUT2D eigenvalue weighted by atomic mass is 10.1. The van der Waals surface area contributed by atoms with Gasteiger partial charge in [0.15, 0.2) is 18.5 Å². The van der Waals surface area contributed by atoms with Gasteiger partial charge in [-0.15, -0.1) is 0 Å². The summed E-state index contributed by atoms with van der Waals surface area (Å²) in [5.41, 5.74) is -3.34. The Morgan fingerprint density at radius 3 is 2.95 bits per heavy atom. The highest BCUT2D eigenvalue weighted by atomic mass is 31.2. The number of rotatable bonds is 2. The highest BCUT2D eigenvalue weighted by Crippen LogP contribution is 2.56. The number of ether oxygens (including phenoxy) is 1. The van der Waals surface area contributed by atoms with Gasteiger partial charge in [0.05, 0.1) is 0 Å². The van der Waals surface area contributed by atoms with Crippen LogP contribution in [-0.4, -0.2) is 45.8 Å². The van der Waals surface area contributed by atoms with Crippen molar-refractivity contribution in [3.8, 4) is 0 Å². The zero-order valence-electron chi connectivity index (χ0n) is 10.9.